The fourth-order valence-corrected chi connectivity index (χ4v) is 3.35. The van der Waals surface area contributed by atoms with Crippen molar-refractivity contribution in [2.45, 2.75) is 29.2 Å². The lowest BCUT2D eigenvalue weighted by molar-refractivity contribution is -0.148. The SMILES string of the molecule is COC(=O)[C@H]1C[C@@H](Sc2cccc(C(F)(F)F)c2)C1. The molecule has 2 rings (SSSR count). The second-order valence-corrected chi connectivity index (χ2v) is 5.83. The van der Waals surface area contributed by atoms with Crippen LogP contribution in [0.1, 0.15) is 18.4 Å². The molecule has 0 N–H and O–H groups in total. The van der Waals surface area contributed by atoms with Crippen LogP contribution in [0.5, 0.6) is 0 Å². The predicted octanol–water partition coefficient (Wildman–Crippen LogP) is 3.75. The number of hydrogen-bond acceptors (Lipinski definition) is 3. The molecule has 19 heavy (non-hydrogen) atoms. The predicted molar refractivity (Wildman–Crippen MR) is 65.8 cm³/mol. The summed E-state index contributed by atoms with van der Waals surface area (Å²) in [7, 11) is 1.34. The van der Waals surface area contributed by atoms with Gasteiger partial charge in [0, 0.05) is 10.1 Å². The molecule has 1 saturated carbocycles. The molecule has 0 unspecified atom stereocenters. The second-order valence-electron chi connectivity index (χ2n) is 4.46. The summed E-state index contributed by atoms with van der Waals surface area (Å²) in [6.45, 7) is 0. The topological polar surface area (TPSA) is 26.3 Å². The first-order chi connectivity index (χ1) is 8.90. The quantitative estimate of drug-likeness (QED) is 0.793. The Hall–Kier alpha value is -1.17. The van der Waals surface area contributed by atoms with E-state index in [2.05, 4.69) is 4.74 Å². The van der Waals surface area contributed by atoms with E-state index in [1.807, 2.05) is 0 Å². The van der Waals surface area contributed by atoms with Crippen molar-refractivity contribution in [1.29, 1.82) is 0 Å². The molecule has 104 valence electrons. The third-order valence-corrected chi connectivity index (χ3v) is 4.34. The molecule has 0 bridgehead atoms. The van der Waals surface area contributed by atoms with Gasteiger partial charge >= 0.3 is 12.1 Å². The lowest BCUT2D eigenvalue weighted by Gasteiger charge is -2.32. The number of halogens is 3. The van der Waals surface area contributed by atoms with Crippen LogP contribution in [-0.2, 0) is 15.7 Å². The molecule has 0 aromatic heterocycles. The summed E-state index contributed by atoms with van der Waals surface area (Å²) < 4.78 is 42.3. The van der Waals surface area contributed by atoms with Crippen LogP contribution in [0.4, 0.5) is 13.2 Å². The van der Waals surface area contributed by atoms with Gasteiger partial charge in [-0.3, -0.25) is 4.79 Å². The molecule has 1 aliphatic rings. The number of methoxy groups -OCH3 is 1. The number of benzene rings is 1. The molecule has 0 spiro atoms. The Bertz CT molecular complexity index is 467. The third kappa shape index (κ3) is 3.43. The maximum Gasteiger partial charge on any atom is 0.416 e. The van der Waals surface area contributed by atoms with E-state index in [4.69, 9.17) is 0 Å². The van der Waals surface area contributed by atoms with Crippen molar-refractivity contribution in [3.05, 3.63) is 29.8 Å². The summed E-state index contributed by atoms with van der Waals surface area (Å²) in [6, 6.07) is 5.27. The molecule has 0 aliphatic heterocycles. The van der Waals surface area contributed by atoms with Crippen LogP contribution < -0.4 is 0 Å². The van der Waals surface area contributed by atoms with Gasteiger partial charge in [0.2, 0.25) is 0 Å². The summed E-state index contributed by atoms with van der Waals surface area (Å²) in [5, 5.41) is 0.188. The van der Waals surface area contributed by atoms with Crippen LogP contribution >= 0.6 is 11.8 Å². The van der Waals surface area contributed by atoms with Gasteiger partial charge in [-0.1, -0.05) is 6.07 Å². The maximum absolute atomic E-state index is 12.5. The summed E-state index contributed by atoms with van der Waals surface area (Å²) in [6.07, 6.45) is -2.99. The van der Waals surface area contributed by atoms with Gasteiger partial charge in [0.05, 0.1) is 18.6 Å². The fourth-order valence-electron chi connectivity index (χ4n) is 1.96. The highest BCUT2D eigenvalue weighted by Crippen LogP contribution is 2.42. The molecular weight excluding hydrogens is 277 g/mol. The van der Waals surface area contributed by atoms with Crippen LogP contribution in [0.2, 0.25) is 0 Å². The maximum atomic E-state index is 12.5. The first kappa shape index (κ1) is 14.2. The molecule has 0 atom stereocenters. The molecule has 0 amide bonds. The second kappa shape index (κ2) is 5.45. The average Bonchev–Trinajstić information content (AvgIpc) is 2.31. The van der Waals surface area contributed by atoms with Crippen molar-refractivity contribution < 1.29 is 22.7 Å². The molecule has 1 fully saturated rings. The fraction of sp³-hybridized carbons (Fsp3) is 0.462. The van der Waals surface area contributed by atoms with Crippen molar-refractivity contribution in [2.75, 3.05) is 7.11 Å². The highest BCUT2D eigenvalue weighted by Gasteiger charge is 2.36. The van der Waals surface area contributed by atoms with Gasteiger partial charge in [0.1, 0.15) is 0 Å². The molecule has 0 radical (unpaired) electrons. The van der Waals surface area contributed by atoms with E-state index in [1.165, 1.54) is 24.9 Å². The lowest BCUT2D eigenvalue weighted by atomic mass is 9.85. The van der Waals surface area contributed by atoms with Crippen molar-refractivity contribution in [3.63, 3.8) is 0 Å². The molecule has 1 aromatic carbocycles. The van der Waals surface area contributed by atoms with E-state index in [1.54, 1.807) is 6.07 Å². The minimum Gasteiger partial charge on any atom is -0.469 e. The largest absolute Gasteiger partial charge is 0.469 e. The van der Waals surface area contributed by atoms with E-state index in [0.29, 0.717) is 17.7 Å². The van der Waals surface area contributed by atoms with Gasteiger partial charge < -0.3 is 4.74 Å². The molecule has 0 heterocycles. The minimum atomic E-state index is -4.31. The van der Waals surface area contributed by atoms with E-state index in [0.717, 1.165) is 12.1 Å². The Labute approximate surface area is 113 Å². The Morgan fingerprint density at radius 3 is 2.63 bits per heavy atom. The van der Waals surface area contributed by atoms with E-state index in [9.17, 15) is 18.0 Å². The molecule has 6 heteroatoms. The standard InChI is InChI=1S/C13H13F3O2S/c1-18-12(17)8-5-11(6-8)19-10-4-2-3-9(7-10)13(14,15)16/h2-4,7-8,11H,5-6H2,1H3/t8-,11+. The zero-order chi connectivity index (χ0) is 14.0. The summed E-state index contributed by atoms with van der Waals surface area (Å²) in [4.78, 5) is 11.8. The summed E-state index contributed by atoms with van der Waals surface area (Å²) in [5.41, 5.74) is -0.638. The lowest BCUT2D eigenvalue weighted by Crippen LogP contribution is -2.33. The first-order valence-corrected chi connectivity index (χ1v) is 6.70. The number of ether oxygens (including phenoxy) is 1. The van der Waals surface area contributed by atoms with Gasteiger partial charge in [-0.15, -0.1) is 11.8 Å². The number of rotatable bonds is 3. The van der Waals surface area contributed by atoms with Crippen molar-refractivity contribution in [1.82, 2.24) is 0 Å². The number of alkyl halides is 3. The van der Waals surface area contributed by atoms with Crippen LogP contribution in [0.15, 0.2) is 29.2 Å². The van der Waals surface area contributed by atoms with Gasteiger partial charge in [-0.25, -0.2) is 0 Å². The Kier molecular flexibility index (Phi) is 4.08. The van der Waals surface area contributed by atoms with Crippen LogP contribution in [0.25, 0.3) is 0 Å². The van der Waals surface area contributed by atoms with Crippen LogP contribution in [0.3, 0.4) is 0 Å². The minimum absolute atomic E-state index is 0.103. The number of thioether (sulfide) groups is 1. The first-order valence-electron chi connectivity index (χ1n) is 5.82. The number of esters is 1. The van der Waals surface area contributed by atoms with E-state index >= 15 is 0 Å². The highest BCUT2D eigenvalue weighted by atomic mass is 32.2. The smallest absolute Gasteiger partial charge is 0.416 e. The van der Waals surface area contributed by atoms with Crippen molar-refractivity contribution in [2.24, 2.45) is 5.92 Å². The summed E-state index contributed by atoms with van der Waals surface area (Å²) in [5.74, 6) is -0.339. The van der Waals surface area contributed by atoms with Gasteiger partial charge in [-0.2, -0.15) is 13.2 Å². The zero-order valence-corrected chi connectivity index (χ0v) is 11.1. The number of carbonyl (C=O) groups is 1. The molecule has 1 aromatic rings. The monoisotopic (exact) mass is 290 g/mol. The van der Waals surface area contributed by atoms with Crippen molar-refractivity contribution in [3.8, 4) is 0 Å². The normalized spacial score (nSPS) is 22.7. The van der Waals surface area contributed by atoms with Crippen molar-refractivity contribution >= 4 is 17.7 Å². The van der Waals surface area contributed by atoms with E-state index in [-0.39, 0.29) is 17.1 Å². The average molecular weight is 290 g/mol. The Balaban J connectivity index is 1.93. The third-order valence-electron chi connectivity index (χ3n) is 3.09. The Morgan fingerprint density at radius 2 is 2.05 bits per heavy atom. The molecule has 0 saturated heterocycles. The van der Waals surface area contributed by atoms with Gasteiger partial charge in [0.15, 0.2) is 0 Å². The number of carbonyl (C=O) groups excluding carboxylic acids is 1. The van der Waals surface area contributed by atoms with Gasteiger partial charge in [-0.05, 0) is 31.0 Å². The molecule has 1 aliphatic carbocycles. The number of hydrogen-bond donors (Lipinski definition) is 0. The van der Waals surface area contributed by atoms with Crippen LogP contribution in [-0.4, -0.2) is 18.3 Å². The van der Waals surface area contributed by atoms with Crippen LogP contribution in [0, 0.1) is 5.92 Å². The molecule has 2 nitrogen and oxygen atoms in total. The van der Waals surface area contributed by atoms with E-state index < -0.39 is 11.7 Å². The molecular formula is C13H13F3O2S. The highest BCUT2D eigenvalue weighted by molar-refractivity contribution is 8.00. The Morgan fingerprint density at radius 1 is 1.37 bits per heavy atom. The summed E-state index contributed by atoms with van der Waals surface area (Å²) >= 11 is 1.38. The zero-order valence-electron chi connectivity index (χ0n) is 10.2. The van der Waals surface area contributed by atoms with Gasteiger partial charge in [0.25, 0.3) is 0 Å².